The summed E-state index contributed by atoms with van der Waals surface area (Å²) in [5, 5.41) is 7.34. The maximum Gasteiger partial charge on any atom is 0.242 e. The molecule has 0 aliphatic carbocycles. The summed E-state index contributed by atoms with van der Waals surface area (Å²) in [7, 11) is 1.83. The molecule has 3 aliphatic heterocycles. The monoisotopic (exact) mass is 421 g/mol. The van der Waals surface area contributed by atoms with E-state index in [2.05, 4.69) is 10.4 Å². The van der Waals surface area contributed by atoms with E-state index in [0.717, 1.165) is 36.1 Å². The standard InChI is InChI=1S/C23H27N5O3/c1-26-14-16(13-24-26)21-23(17-7-4-5-8-18(17)25-22(23)31)10-12-28(21)20(30)15-27-11-6-2-3-9-19(27)29/h4-5,7-8,13-14,21H,2-3,6,9-12,15H2,1H3,(H,25,31)/t21-,23+/m0/s1. The van der Waals surface area contributed by atoms with Gasteiger partial charge in [-0.3, -0.25) is 19.1 Å². The maximum absolute atomic E-state index is 13.5. The van der Waals surface area contributed by atoms with Crippen molar-refractivity contribution in [2.75, 3.05) is 25.0 Å². The average Bonchev–Trinajstić information content (AvgIpc) is 3.39. The lowest BCUT2D eigenvalue weighted by Crippen LogP contribution is -2.46. The van der Waals surface area contributed by atoms with Gasteiger partial charge < -0.3 is 15.1 Å². The zero-order chi connectivity index (χ0) is 21.6. The molecule has 2 atom stereocenters. The van der Waals surface area contributed by atoms with E-state index in [9.17, 15) is 14.4 Å². The van der Waals surface area contributed by atoms with E-state index in [1.807, 2.05) is 37.5 Å². The van der Waals surface area contributed by atoms with Crippen LogP contribution in [0.1, 0.15) is 49.3 Å². The number of nitrogens with zero attached hydrogens (tertiary/aromatic N) is 4. The molecule has 0 bridgehead atoms. The highest BCUT2D eigenvalue weighted by molar-refractivity contribution is 6.07. The second-order valence-corrected chi connectivity index (χ2v) is 8.78. The molecule has 2 aromatic rings. The molecule has 8 nitrogen and oxygen atoms in total. The van der Waals surface area contributed by atoms with Gasteiger partial charge in [0.05, 0.1) is 18.8 Å². The smallest absolute Gasteiger partial charge is 0.242 e. The third-order valence-corrected chi connectivity index (χ3v) is 6.95. The number of rotatable bonds is 3. The lowest BCUT2D eigenvalue weighted by atomic mass is 9.73. The van der Waals surface area contributed by atoms with Crippen LogP contribution in [-0.2, 0) is 26.8 Å². The van der Waals surface area contributed by atoms with Crippen molar-refractivity contribution in [3.63, 3.8) is 0 Å². The zero-order valence-electron chi connectivity index (χ0n) is 17.7. The van der Waals surface area contributed by atoms with E-state index in [4.69, 9.17) is 0 Å². The molecule has 31 heavy (non-hydrogen) atoms. The Morgan fingerprint density at radius 3 is 2.84 bits per heavy atom. The van der Waals surface area contributed by atoms with Crippen molar-refractivity contribution in [2.24, 2.45) is 7.05 Å². The van der Waals surface area contributed by atoms with Gasteiger partial charge in [0, 0.05) is 44.0 Å². The van der Waals surface area contributed by atoms with E-state index >= 15 is 0 Å². The van der Waals surface area contributed by atoms with Crippen LogP contribution in [0.4, 0.5) is 5.69 Å². The first kappa shape index (κ1) is 19.8. The summed E-state index contributed by atoms with van der Waals surface area (Å²) < 4.78 is 1.70. The van der Waals surface area contributed by atoms with Crippen molar-refractivity contribution in [3.8, 4) is 0 Å². The van der Waals surface area contributed by atoms with Crippen molar-refractivity contribution in [2.45, 2.75) is 43.6 Å². The first-order valence-electron chi connectivity index (χ1n) is 11.0. The molecule has 2 fully saturated rings. The topological polar surface area (TPSA) is 87.5 Å². The van der Waals surface area contributed by atoms with Gasteiger partial charge in [0.25, 0.3) is 0 Å². The normalized spacial score (nSPS) is 25.6. The molecule has 0 radical (unpaired) electrons. The Labute approximate surface area is 181 Å². The van der Waals surface area contributed by atoms with Crippen molar-refractivity contribution in [1.82, 2.24) is 19.6 Å². The number of fused-ring (bicyclic) bond motifs is 2. The van der Waals surface area contributed by atoms with Gasteiger partial charge in [0.2, 0.25) is 17.7 Å². The molecule has 1 aromatic carbocycles. The summed E-state index contributed by atoms with van der Waals surface area (Å²) in [6.07, 6.45) is 7.47. The summed E-state index contributed by atoms with van der Waals surface area (Å²) in [5.41, 5.74) is 1.72. The Balaban J connectivity index is 1.52. The predicted molar refractivity (Wildman–Crippen MR) is 114 cm³/mol. The first-order valence-corrected chi connectivity index (χ1v) is 11.0. The van der Waals surface area contributed by atoms with E-state index in [1.54, 1.807) is 20.7 Å². The summed E-state index contributed by atoms with van der Waals surface area (Å²) in [4.78, 5) is 42.8. The number of hydrogen-bond acceptors (Lipinski definition) is 4. The molecule has 1 spiro atoms. The largest absolute Gasteiger partial charge is 0.333 e. The Morgan fingerprint density at radius 1 is 1.19 bits per heavy atom. The van der Waals surface area contributed by atoms with Crippen LogP contribution in [0, 0.1) is 0 Å². The van der Waals surface area contributed by atoms with E-state index in [1.165, 1.54) is 0 Å². The molecule has 4 heterocycles. The molecular weight excluding hydrogens is 394 g/mol. The van der Waals surface area contributed by atoms with Crippen LogP contribution < -0.4 is 5.32 Å². The third-order valence-electron chi connectivity index (χ3n) is 6.95. The van der Waals surface area contributed by atoms with Crippen molar-refractivity contribution < 1.29 is 14.4 Å². The number of hydrogen-bond donors (Lipinski definition) is 1. The van der Waals surface area contributed by atoms with Gasteiger partial charge in [-0.25, -0.2) is 0 Å². The summed E-state index contributed by atoms with van der Waals surface area (Å²) in [6.45, 7) is 1.14. The fourth-order valence-electron chi connectivity index (χ4n) is 5.46. The van der Waals surface area contributed by atoms with E-state index in [0.29, 0.717) is 25.9 Å². The Kier molecular flexibility index (Phi) is 4.79. The molecule has 5 rings (SSSR count). The fraction of sp³-hybridized carbons (Fsp3) is 0.478. The molecule has 1 N–H and O–H groups in total. The summed E-state index contributed by atoms with van der Waals surface area (Å²) in [5.74, 6) is -0.150. The molecule has 8 heteroatoms. The molecule has 0 unspecified atom stereocenters. The van der Waals surface area contributed by atoms with Crippen LogP contribution in [0.3, 0.4) is 0 Å². The molecule has 1 aromatic heterocycles. The SMILES string of the molecule is Cn1cc([C@@H]2N(C(=O)CN3CCCCCC3=O)CC[C@]23C(=O)Nc2ccccc23)cn1. The van der Waals surface area contributed by atoms with Crippen LogP contribution >= 0.6 is 0 Å². The van der Waals surface area contributed by atoms with Crippen LogP contribution in [0.25, 0.3) is 0 Å². The molecule has 2 saturated heterocycles. The lowest BCUT2D eigenvalue weighted by Gasteiger charge is -2.34. The van der Waals surface area contributed by atoms with E-state index in [-0.39, 0.29) is 24.3 Å². The Hall–Kier alpha value is -3.16. The number of aryl methyl sites for hydroxylation is 1. The van der Waals surface area contributed by atoms with Crippen LogP contribution in [0.5, 0.6) is 0 Å². The second-order valence-electron chi connectivity index (χ2n) is 8.78. The minimum atomic E-state index is -0.849. The molecule has 3 aliphatic rings. The highest BCUT2D eigenvalue weighted by Crippen LogP contribution is 2.54. The number of nitrogens with one attached hydrogen (secondary N) is 1. The molecule has 3 amide bonds. The molecular formula is C23H27N5O3. The number of likely N-dealkylation sites (tertiary alicyclic amines) is 2. The van der Waals surface area contributed by atoms with Gasteiger partial charge in [-0.15, -0.1) is 0 Å². The van der Waals surface area contributed by atoms with Crippen LogP contribution in [-0.4, -0.2) is 56.9 Å². The summed E-state index contributed by atoms with van der Waals surface area (Å²) >= 11 is 0. The van der Waals surface area contributed by atoms with Crippen molar-refractivity contribution >= 4 is 23.4 Å². The van der Waals surface area contributed by atoms with Gasteiger partial charge in [0.1, 0.15) is 5.41 Å². The highest BCUT2D eigenvalue weighted by Gasteiger charge is 2.59. The number of amides is 3. The number of anilines is 1. The van der Waals surface area contributed by atoms with Crippen molar-refractivity contribution in [1.29, 1.82) is 0 Å². The average molecular weight is 422 g/mol. The van der Waals surface area contributed by atoms with Crippen LogP contribution in [0.2, 0.25) is 0 Å². The van der Waals surface area contributed by atoms with Gasteiger partial charge in [-0.2, -0.15) is 5.10 Å². The first-order chi connectivity index (χ1) is 15.0. The zero-order valence-corrected chi connectivity index (χ0v) is 17.7. The number of para-hydroxylation sites is 1. The fourth-order valence-corrected chi connectivity index (χ4v) is 5.46. The van der Waals surface area contributed by atoms with Gasteiger partial charge in [-0.05, 0) is 30.9 Å². The highest BCUT2D eigenvalue weighted by atomic mass is 16.2. The molecule has 0 saturated carbocycles. The van der Waals surface area contributed by atoms with Gasteiger partial charge >= 0.3 is 0 Å². The number of aromatic nitrogens is 2. The van der Waals surface area contributed by atoms with Crippen molar-refractivity contribution in [3.05, 3.63) is 47.8 Å². The van der Waals surface area contributed by atoms with Crippen LogP contribution in [0.15, 0.2) is 36.7 Å². The maximum atomic E-state index is 13.5. The minimum Gasteiger partial charge on any atom is -0.333 e. The predicted octanol–water partition coefficient (Wildman–Crippen LogP) is 1.99. The van der Waals surface area contributed by atoms with Gasteiger partial charge in [-0.1, -0.05) is 24.6 Å². The number of carbonyl (C=O) groups is 3. The lowest BCUT2D eigenvalue weighted by molar-refractivity contribution is -0.141. The number of benzene rings is 1. The quantitative estimate of drug-likeness (QED) is 0.821. The third kappa shape index (κ3) is 3.12. The van der Waals surface area contributed by atoms with Gasteiger partial charge in [0.15, 0.2) is 0 Å². The Morgan fingerprint density at radius 2 is 2.03 bits per heavy atom. The number of carbonyl (C=O) groups excluding carboxylic acids is 3. The van der Waals surface area contributed by atoms with E-state index < -0.39 is 11.5 Å². The second kappa shape index (κ2) is 7.51. The Bertz CT molecular complexity index is 1050. The minimum absolute atomic E-state index is 0.0432. The summed E-state index contributed by atoms with van der Waals surface area (Å²) in [6, 6.07) is 7.26. The molecule has 162 valence electrons.